The van der Waals surface area contributed by atoms with Gasteiger partial charge in [0.25, 0.3) is 0 Å². The maximum atomic E-state index is 4.24. The molecule has 0 bridgehead atoms. The van der Waals surface area contributed by atoms with Crippen LogP contribution in [0.15, 0.2) is 4.99 Å². The summed E-state index contributed by atoms with van der Waals surface area (Å²) in [6.07, 6.45) is 7.59. The lowest BCUT2D eigenvalue weighted by molar-refractivity contribution is 0.334. The largest absolute Gasteiger partial charge is 0.356 e. The van der Waals surface area contributed by atoms with E-state index in [9.17, 15) is 0 Å². The van der Waals surface area contributed by atoms with Crippen LogP contribution >= 0.6 is 35.7 Å². The van der Waals surface area contributed by atoms with E-state index in [2.05, 4.69) is 28.8 Å². The van der Waals surface area contributed by atoms with Gasteiger partial charge in [0.15, 0.2) is 5.96 Å². The Morgan fingerprint density at radius 1 is 1.29 bits per heavy atom. The highest BCUT2D eigenvalue weighted by Crippen LogP contribution is 2.36. The predicted octanol–water partition coefficient (Wildman–Crippen LogP) is 2.71. The number of hydrogen-bond donors (Lipinski definition) is 2. The lowest BCUT2D eigenvalue weighted by Crippen LogP contribution is -2.42. The zero-order chi connectivity index (χ0) is 11.9. The fourth-order valence-corrected chi connectivity index (χ4v) is 2.50. The molecule has 0 spiro atoms. The van der Waals surface area contributed by atoms with E-state index in [0.717, 1.165) is 24.8 Å². The molecule has 0 aromatic carbocycles. The highest BCUT2D eigenvalue weighted by atomic mass is 127. The molecule has 0 amide bonds. The van der Waals surface area contributed by atoms with Gasteiger partial charge in [0.05, 0.1) is 0 Å². The molecular weight excluding hydrogens is 345 g/mol. The van der Waals surface area contributed by atoms with Gasteiger partial charge in [-0.3, -0.25) is 4.99 Å². The average Bonchev–Trinajstić information content (AvgIpc) is 2.71. The van der Waals surface area contributed by atoms with Gasteiger partial charge < -0.3 is 10.6 Å². The number of nitrogens with zero attached hydrogens (tertiary/aromatic N) is 1. The Morgan fingerprint density at radius 2 is 1.94 bits per heavy atom. The highest BCUT2D eigenvalue weighted by Gasteiger charge is 2.28. The minimum absolute atomic E-state index is 0. The van der Waals surface area contributed by atoms with Crippen molar-refractivity contribution in [3.05, 3.63) is 0 Å². The van der Waals surface area contributed by atoms with Crippen LogP contribution < -0.4 is 10.6 Å². The lowest BCUT2D eigenvalue weighted by atomic mass is 9.89. The minimum Gasteiger partial charge on any atom is -0.356 e. The Hall–Kier alpha value is 0.350. The third kappa shape index (κ3) is 6.74. The average molecular weight is 371 g/mol. The molecule has 1 rings (SSSR count). The molecule has 1 aliphatic rings. The molecule has 0 aliphatic heterocycles. The molecule has 1 aliphatic carbocycles. The van der Waals surface area contributed by atoms with Gasteiger partial charge in [0.1, 0.15) is 0 Å². The van der Waals surface area contributed by atoms with Crippen LogP contribution in [-0.4, -0.2) is 38.1 Å². The first-order valence-electron chi connectivity index (χ1n) is 6.14. The summed E-state index contributed by atoms with van der Waals surface area (Å²) in [6.45, 7) is 4.41. The third-order valence-electron chi connectivity index (χ3n) is 3.32. The second kappa shape index (κ2) is 9.30. The van der Waals surface area contributed by atoms with Gasteiger partial charge in [0, 0.05) is 25.9 Å². The molecule has 0 atom stereocenters. The molecule has 0 saturated heterocycles. The molecule has 102 valence electrons. The topological polar surface area (TPSA) is 36.4 Å². The highest BCUT2D eigenvalue weighted by molar-refractivity contribution is 14.0. The molecule has 17 heavy (non-hydrogen) atoms. The van der Waals surface area contributed by atoms with Gasteiger partial charge >= 0.3 is 0 Å². The number of guanidine groups is 1. The smallest absolute Gasteiger partial charge is 0.191 e. The van der Waals surface area contributed by atoms with Crippen molar-refractivity contribution in [3.8, 4) is 0 Å². The number of rotatable bonds is 5. The number of thioether (sulfide) groups is 1. The number of aliphatic imine (C=N–C) groups is 1. The normalized spacial score (nSPS) is 18.6. The summed E-state index contributed by atoms with van der Waals surface area (Å²) in [5.74, 6) is 2.07. The van der Waals surface area contributed by atoms with Crippen molar-refractivity contribution in [2.24, 2.45) is 10.4 Å². The van der Waals surface area contributed by atoms with Gasteiger partial charge in [-0.05, 0) is 24.5 Å². The standard InChI is InChI=1S/C12H25N3S.HI/c1-12(6-4-5-7-12)10-15-11(13-2)14-8-9-16-3;/h4-10H2,1-3H3,(H2,13,14,15);1H. The monoisotopic (exact) mass is 371 g/mol. The quantitative estimate of drug-likeness (QED) is 0.338. The van der Waals surface area contributed by atoms with Crippen LogP contribution in [-0.2, 0) is 0 Å². The van der Waals surface area contributed by atoms with E-state index in [1.165, 1.54) is 25.7 Å². The van der Waals surface area contributed by atoms with Gasteiger partial charge in [-0.2, -0.15) is 11.8 Å². The number of hydrogen-bond acceptors (Lipinski definition) is 2. The molecule has 0 heterocycles. The van der Waals surface area contributed by atoms with Crippen LogP contribution in [0.1, 0.15) is 32.6 Å². The van der Waals surface area contributed by atoms with Crippen molar-refractivity contribution in [1.29, 1.82) is 0 Å². The summed E-state index contributed by atoms with van der Waals surface area (Å²) >= 11 is 1.85. The molecule has 1 fully saturated rings. The molecule has 0 radical (unpaired) electrons. The maximum absolute atomic E-state index is 4.24. The maximum Gasteiger partial charge on any atom is 0.191 e. The van der Waals surface area contributed by atoms with Crippen LogP contribution in [0.25, 0.3) is 0 Å². The van der Waals surface area contributed by atoms with Gasteiger partial charge in [-0.25, -0.2) is 0 Å². The SMILES string of the molecule is CN=C(NCCSC)NCC1(C)CCCC1.I. The van der Waals surface area contributed by atoms with E-state index < -0.39 is 0 Å². The van der Waals surface area contributed by atoms with E-state index in [-0.39, 0.29) is 24.0 Å². The van der Waals surface area contributed by atoms with Crippen molar-refractivity contribution >= 4 is 41.7 Å². The van der Waals surface area contributed by atoms with Crippen LogP contribution in [0.3, 0.4) is 0 Å². The first-order valence-corrected chi connectivity index (χ1v) is 7.53. The fourth-order valence-electron chi connectivity index (χ4n) is 2.19. The molecule has 2 N–H and O–H groups in total. The van der Waals surface area contributed by atoms with Crippen molar-refractivity contribution in [2.75, 3.05) is 32.1 Å². The summed E-state index contributed by atoms with van der Waals surface area (Å²) < 4.78 is 0. The summed E-state index contributed by atoms with van der Waals surface area (Å²) in [4.78, 5) is 4.24. The second-order valence-electron chi connectivity index (χ2n) is 4.86. The van der Waals surface area contributed by atoms with Crippen LogP contribution in [0, 0.1) is 5.41 Å². The van der Waals surface area contributed by atoms with Crippen LogP contribution in [0.4, 0.5) is 0 Å². The third-order valence-corrected chi connectivity index (χ3v) is 3.93. The van der Waals surface area contributed by atoms with Crippen molar-refractivity contribution in [3.63, 3.8) is 0 Å². The van der Waals surface area contributed by atoms with Crippen LogP contribution in [0.2, 0.25) is 0 Å². The molecule has 0 aromatic rings. The second-order valence-corrected chi connectivity index (χ2v) is 5.85. The molecular formula is C12H26IN3S. The molecule has 3 nitrogen and oxygen atoms in total. The zero-order valence-electron chi connectivity index (χ0n) is 11.2. The van der Waals surface area contributed by atoms with Crippen LogP contribution in [0.5, 0.6) is 0 Å². The Bertz CT molecular complexity index is 228. The van der Waals surface area contributed by atoms with Crippen molar-refractivity contribution < 1.29 is 0 Å². The molecule has 0 aromatic heterocycles. The summed E-state index contributed by atoms with van der Waals surface area (Å²) in [5, 5.41) is 6.77. The molecule has 1 saturated carbocycles. The summed E-state index contributed by atoms with van der Waals surface area (Å²) in [5.41, 5.74) is 0.483. The van der Waals surface area contributed by atoms with E-state index in [4.69, 9.17) is 0 Å². The first kappa shape index (κ1) is 17.4. The zero-order valence-corrected chi connectivity index (χ0v) is 14.4. The Balaban J connectivity index is 0.00000256. The van der Waals surface area contributed by atoms with Gasteiger partial charge in [0.2, 0.25) is 0 Å². The first-order chi connectivity index (χ1) is 7.70. The molecule has 5 heteroatoms. The van der Waals surface area contributed by atoms with Gasteiger partial charge in [-0.1, -0.05) is 19.8 Å². The number of halogens is 1. The molecule has 0 unspecified atom stereocenters. The van der Waals surface area contributed by atoms with E-state index in [1.807, 2.05) is 18.8 Å². The summed E-state index contributed by atoms with van der Waals surface area (Å²) in [6, 6.07) is 0. The van der Waals surface area contributed by atoms with Crippen molar-refractivity contribution in [2.45, 2.75) is 32.6 Å². The van der Waals surface area contributed by atoms with E-state index in [1.54, 1.807) is 0 Å². The van der Waals surface area contributed by atoms with Crippen molar-refractivity contribution in [1.82, 2.24) is 10.6 Å². The minimum atomic E-state index is 0. The predicted molar refractivity (Wildman–Crippen MR) is 89.7 cm³/mol. The summed E-state index contributed by atoms with van der Waals surface area (Å²) in [7, 11) is 1.84. The Labute approximate surface area is 127 Å². The van der Waals surface area contributed by atoms with E-state index in [0.29, 0.717) is 5.41 Å². The Kier molecular flexibility index (Phi) is 9.49. The van der Waals surface area contributed by atoms with E-state index >= 15 is 0 Å². The number of nitrogens with one attached hydrogen (secondary N) is 2. The lowest BCUT2D eigenvalue weighted by Gasteiger charge is -2.25. The fraction of sp³-hybridized carbons (Fsp3) is 0.917. The van der Waals surface area contributed by atoms with Gasteiger partial charge in [-0.15, -0.1) is 24.0 Å². The Morgan fingerprint density at radius 3 is 2.47 bits per heavy atom.